The molecule has 0 fully saturated rings. The first-order chi connectivity index (χ1) is 11.5. The van der Waals surface area contributed by atoms with Crippen LogP contribution in [0.15, 0.2) is 53.0 Å². The van der Waals surface area contributed by atoms with Gasteiger partial charge in [0.15, 0.2) is 0 Å². The molecule has 0 aliphatic carbocycles. The minimum atomic E-state index is -0.180. The van der Waals surface area contributed by atoms with Gasteiger partial charge >= 0.3 is 0 Å². The van der Waals surface area contributed by atoms with Crippen molar-refractivity contribution in [3.05, 3.63) is 53.0 Å². The molecule has 2 rings (SSSR count). The van der Waals surface area contributed by atoms with Gasteiger partial charge in [-0.1, -0.05) is 34.1 Å². The predicted molar refractivity (Wildman–Crippen MR) is 98.4 cm³/mol. The highest BCUT2D eigenvalue weighted by Gasteiger charge is 2.14. The Morgan fingerprint density at radius 2 is 1.92 bits per heavy atom. The van der Waals surface area contributed by atoms with Gasteiger partial charge in [-0.2, -0.15) is 0 Å². The number of carbonyl (C=O) groups excluding carboxylic acids is 2. The van der Waals surface area contributed by atoms with Gasteiger partial charge in [0.25, 0.3) is 0 Å². The monoisotopic (exact) mass is 390 g/mol. The summed E-state index contributed by atoms with van der Waals surface area (Å²) in [7, 11) is 1.55. The first-order valence-electron chi connectivity index (χ1n) is 7.48. The molecule has 24 heavy (non-hydrogen) atoms. The molecule has 0 atom stereocenters. The van der Waals surface area contributed by atoms with Crippen molar-refractivity contribution in [1.82, 2.24) is 0 Å². The molecule has 0 unspecified atom stereocenters. The molecule has 126 valence electrons. The summed E-state index contributed by atoms with van der Waals surface area (Å²) in [5.41, 5.74) is 1.36. The third-order valence-corrected chi connectivity index (χ3v) is 3.94. The number of nitrogens with zero attached hydrogens (tertiary/aromatic N) is 1. The molecular formula is C18H19BrN2O3. The Balaban J connectivity index is 2.02. The van der Waals surface area contributed by atoms with Gasteiger partial charge in [0.05, 0.1) is 12.8 Å². The lowest BCUT2D eigenvalue weighted by Crippen LogP contribution is -2.32. The zero-order chi connectivity index (χ0) is 17.5. The van der Waals surface area contributed by atoms with Crippen LogP contribution in [0.2, 0.25) is 0 Å². The van der Waals surface area contributed by atoms with Gasteiger partial charge < -0.3 is 15.0 Å². The molecule has 0 radical (unpaired) electrons. The number of anilines is 2. The lowest BCUT2D eigenvalue weighted by Gasteiger charge is -2.21. The van der Waals surface area contributed by atoms with Crippen LogP contribution in [0, 0.1) is 0 Å². The number of hydrogen-bond donors (Lipinski definition) is 1. The van der Waals surface area contributed by atoms with E-state index in [1.807, 2.05) is 36.4 Å². The van der Waals surface area contributed by atoms with E-state index >= 15 is 0 Å². The van der Waals surface area contributed by atoms with Crippen molar-refractivity contribution in [2.45, 2.75) is 13.3 Å². The minimum Gasteiger partial charge on any atom is -0.495 e. The fraction of sp³-hybridized carbons (Fsp3) is 0.222. The number of carbonyl (C=O) groups is 2. The Labute approximate surface area is 149 Å². The second-order valence-electron chi connectivity index (χ2n) is 5.15. The zero-order valence-electron chi connectivity index (χ0n) is 13.6. The predicted octanol–water partition coefficient (Wildman–Crippen LogP) is 3.84. The number of hydrogen-bond acceptors (Lipinski definition) is 3. The molecule has 0 spiro atoms. The standard InChI is InChI=1S/C18H19BrN2O3/c1-13(22)21(15-7-5-6-14(19)12-15)11-10-18(23)20-16-8-3-4-9-17(16)24-2/h3-9,12H,10-11H2,1-2H3,(H,20,23). The quantitative estimate of drug-likeness (QED) is 0.814. The number of ether oxygens (including phenoxy) is 1. The highest BCUT2D eigenvalue weighted by atomic mass is 79.9. The molecule has 2 amide bonds. The second kappa shape index (κ2) is 8.49. The van der Waals surface area contributed by atoms with E-state index < -0.39 is 0 Å². The topological polar surface area (TPSA) is 58.6 Å². The maximum Gasteiger partial charge on any atom is 0.226 e. The largest absolute Gasteiger partial charge is 0.495 e. The van der Waals surface area contributed by atoms with E-state index in [0.29, 0.717) is 18.0 Å². The van der Waals surface area contributed by atoms with Gasteiger partial charge in [-0.3, -0.25) is 9.59 Å². The Bertz CT molecular complexity index is 734. The van der Waals surface area contributed by atoms with Crippen LogP contribution in [0.1, 0.15) is 13.3 Å². The Kier molecular flexibility index (Phi) is 6.37. The molecule has 0 heterocycles. The molecular weight excluding hydrogens is 372 g/mol. The molecule has 0 aliphatic rings. The van der Waals surface area contributed by atoms with E-state index in [0.717, 1.165) is 10.2 Å². The number of rotatable bonds is 6. The summed E-state index contributed by atoms with van der Waals surface area (Å²) >= 11 is 3.39. The lowest BCUT2D eigenvalue weighted by molar-refractivity contribution is -0.117. The highest BCUT2D eigenvalue weighted by Crippen LogP contribution is 2.24. The van der Waals surface area contributed by atoms with Gasteiger partial charge in [-0.05, 0) is 30.3 Å². The van der Waals surface area contributed by atoms with Crippen LogP contribution in [0.5, 0.6) is 5.75 Å². The molecule has 0 aliphatic heterocycles. The maximum absolute atomic E-state index is 12.2. The summed E-state index contributed by atoms with van der Waals surface area (Å²) in [5, 5.41) is 2.81. The summed E-state index contributed by atoms with van der Waals surface area (Å²) in [6.07, 6.45) is 0.185. The van der Waals surface area contributed by atoms with E-state index in [-0.39, 0.29) is 18.2 Å². The van der Waals surface area contributed by atoms with E-state index in [9.17, 15) is 9.59 Å². The van der Waals surface area contributed by atoms with Crippen molar-refractivity contribution in [1.29, 1.82) is 0 Å². The Morgan fingerprint density at radius 1 is 1.17 bits per heavy atom. The number of halogens is 1. The van der Waals surface area contributed by atoms with Gasteiger partial charge in [-0.25, -0.2) is 0 Å². The van der Waals surface area contributed by atoms with Crippen molar-refractivity contribution >= 4 is 39.1 Å². The van der Waals surface area contributed by atoms with Gasteiger partial charge in [0, 0.05) is 30.0 Å². The van der Waals surface area contributed by atoms with Crippen molar-refractivity contribution in [2.24, 2.45) is 0 Å². The molecule has 0 aromatic heterocycles. The summed E-state index contributed by atoms with van der Waals surface area (Å²) in [6.45, 7) is 1.78. The van der Waals surface area contributed by atoms with Crippen LogP contribution in [0.4, 0.5) is 11.4 Å². The minimum absolute atomic E-state index is 0.113. The Morgan fingerprint density at radius 3 is 2.58 bits per heavy atom. The lowest BCUT2D eigenvalue weighted by atomic mass is 10.2. The van der Waals surface area contributed by atoms with E-state index in [4.69, 9.17) is 4.74 Å². The summed E-state index contributed by atoms with van der Waals surface area (Å²) < 4.78 is 6.09. The highest BCUT2D eigenvalue weighted by molar-refractivity contribution is 9.10. The number of benzene rings is 2. The zero-order valence-corrected chi connectivity index (χ0v) is 15.2. The van der Waals surface area contributed by atoms with Crippen molar-refractivity contribution in [2.75, 3.05) is 23.9 Å². The number of nitrogens with one attached hydrogen (secondary N) is 1. The normalized spacial score (nSPS) is 10.1. The first kappa shape index (κ1) is 18.0. The molecule has 0 bridgehead atoms. The maximum atomic E-state index is 12.2. The molecule has 2 aromatic carbocycles. The average molecular weight is 391 g/mol. The van der Waals surface area contributed by atoms with Gasteiger partial charge in [0.2, 0.25) is 11.8 Å². The average Bonchev–Trinajstić information content (AvgIpc) is 2.55. The van der Waals surface area contributed by atoms with Crippen molar-refractivity contribution < 1.29 is 14.3 Å². The van der Waals surface area contributed by atoms with Gasteiger partial charge in [-0.15, -0.1) is 0 Å². The third-order valence-electron chi connectivity index (χ3n) is 3.44. The summed E-state index contributed by atoms with van der Waals surface area (Å²) in [6, 6.07) is 14.6. The first-order valence-corrected chi connectivity index (χ1v) is 8.27. The molecule has 5 nitrogen and oxygen atoms in total. The smallest absolute Gasteiger partial charge is 0.226 e. The number of methoxy groups -OCH3 is 1. The number of para-hydroxylation sites is 2. The molecule has 0 saturated carbocycles. The van der Waals surface area contributed by atoms with E-state index in [1.165, 1.54) is 6.92 Å². The van der Waals surface area contributed by atoms with Gasteiger partial charge in [0.1, 0.15) is 5.75 Å². The molecule has 1 N–H and O–H groups in total. The fourth-order valence-electron chi connectivity index (χ4n) is 2.29. The second-order valence-corrected chi connectivity index (χ2v) is 6.06. The fourth-order valence-corrected chi connectivity index (χ4v) is 2.67. The van der Waals surface area contributed by atoms with Crippen molar-refractivity contribution in [3.63, 3.8) is 0 Å². The molecule has 2 aromatic rings. The molecule has 6 heteroatoms. The van der Waals surface area contributed by atoms with Crippen LogP contribution in [0.25, 0.3) is 0 Å². The van der Waals surface area contributed by atoms with Crippen LogP contribution in [-0.4, -0.2) is 25.5 Å². The van der Waals surface area contributed by atoms with Crippen LogP contribution >= 0.6 is 15.9 Å². The number of amides is 2. The summed E-state index contributed by atoms with van der Waals surface area (Å²) in [5.74, 6) is 0.306. The van der Waals surface area contributed by atoms with Crippen molar-refractivity contribution in [3.8, 4) is 5.75 Å². The Hall–Kier alpha value is -2.34. The SMILES string of the molecule is COc1ccccc1NC(=O)CCN(C(C)=O)c1cccc(Br)c1. The van der Waals surface area contributed by atoms with E-state index in [1.54, 1.807) is 24.1 Å². The van der Waals surface area contributed by atoms with Crippen LogP contribution in [0.3, 0.4) is 0 Å². The third kappa shape index (κ3) is 4.83. The van der Waals surface area contributed by atoms with E-state index in [2.05, 4.69) is 21.2 Å². The van der Waals surface area contributed by atoms with Crippen LogP contribution < -0.4 is 15.0 Å². The van der Waals surface area contributed by atoms with Crippen LogP contribution in [-0.2, 0) is 9.59 Å². The summed E-state index contributed by atoms with van der Waals surface area (Å²) in [4.78, 5) is 25.7. The molecule has 0 saturated heterocycles.